The van der Waals surface area contributed by atoms with E-state index in [-0.39, 0.29) is 0 Å². The average Bonchev–Trinajstić information content (AvgIpc) is 2.29. The van der Waals surface area contributed by atoms with E-state index in [0.717, 1.165) is 30.1 Å². The van der Waals surface area contributed by atoms with E-state index in [1.54, 1.807) is 0 Å². The van der Waals surface area contributed by atoms with E-state index in [1.807, 2.05) is 24.3 Å². The molecule has 1 aromatic carbocycles. The number of benzene rings is 1. The van der Waals surface area contributed by atoms with Crippen LogP contribution in [0, 0.1) is 0 Å². The van der Waals surface area contributed by atoms with E-state index in [0.29, 0.717) is 13.1 Å². The smallest absolute Gasteiger partial charge is 0.0943 e. The van der Waals surface area contributed by atoms with Gasteiger partial charge in [-0.2, -0.15) is 0 Å². The third-order valence-electron chi connectivity index (χ3n) is 3.11. The van der Waals surface area contributed by atoms with Gasteiger partial charge in [0.25, 0.3) is 0 Å². The average molecular weight is 241 g/mol. The second-order valence-electron chi connectivity index (χ2n) is 4.43. The third kappa shape index (κ3) is 2.48. The van der Waals surface area contributed by atoms with Crippen LogP contribution >= 0.6 is 11.6 Å². The Morgan fingerprint density at radius 3 is 3.00 bits per heavy atom. The number of β-amino-alcohol motifs (C(OH)–C–C–N with tert-alkyl or cyclic N) is 1. The molecule has 2 rings (SSSR count). The summed E-state index contributed by atoms with van der Waals surface area (Å²) in [6.45, 7) is 1.84. The molecule has 1 unspecified atom stereocenters. The van der Waals surface area contributed by atoms with E-state index in [1.165, 1.54) is 0 Å². The van der Waals surface area contributed by atoms with Crippen molar-refractivity contribution in [3.63, 3.8) is 0 Å². The minimum atomic E-state index is -0.749. The van der Waals surface area contributed by atoms with E-state index in [9.17, 15) is 5.11 Å². The Kier molecular flexibility index (Phi) is 3.38. The summed E-state index contributed by atoms with van der Waals surface area (Å²) in [6, 6.07) is 7.70. The molecule has 0 bridgehead atoms. The van der Waals surface area contributed by atoms with E-state index in [2.05, 4.69) is 4.90 Å². The van der Waals surface area contributed by atoms with Crippen molar-refractivity contribution in [2.24, 2.45) is 5.73 Å². The Balaban J connectivity index is 2.16. The molecular formula is C12H17ClN2O. The van der Waals surface area contributed by atoms with E-state index in [4.69, 9.17) is 17.3 Å². The molecule has 1 atom stereocenters. The molecule has 1 fully saturated rings. The number of hydrogen-bond donors (Lipinski definition) is 2. The molecule has 1 aliphatic heterocycles. The van der Waals surface area contributed by atoms with Crippen LogP contribution in [0.3, 0.4) is 0 Å². The molecule has 4 heteroatoms. The van der Waals surface area contributed by atoms with Gasteiger partial charge in [-0.3, -0.25) is 0 Å². The Morgan fingerprint density at radius 1 is 1.50 bits per heavy atom. The molecule has 1 heterocycles. The minimum Gasteiger partial charge on any atom is -0.387 e. The molecule has 1 aromatic rings. The van der Waals surface area contributed by atoms with Gasteiger partial charge in [0.05, 0.1) is 5.60 Å². The van der Waals surface area contributed by atoms with Crippen molar-refractivity contribution in [2.75, 3.05) is 24.5 Å². The fraction of sp³-hybridized carbons (Fsp3) is 0.500. The maximum atomic E-state index is 10.2. The van der Waals surface area contributed by atoms with Gasteiger partial charge in [-0.25, -0.2) is 0 Å². The zero-order valence-electron chi connectivity index (χ0n) is 9.19. The molecule has 1 aliphatic rings. The lowest BCUT2D eigenvalue weighted by atomic mass is 9.93. The molecule has 0 spiro atoms. The first-order valence-corrected chi connectivity index (χ1v) is 5.94. The highest BCUT2D eigenvalue weighted by Gasteiger charge is 2.31. The van der Waals surface area contributed by atoms with Gasteiger partial charge in [-0.1, -0.05) is 17.7 Å². The van der Waals surface area contributed by atoms with Crippen molar-refractivity contribution < 1.29 is 5.11 Å². The number of nitrogens with zero attached hydrogens (tertiary/aromatic N) is 1. The van der Waals surface area contributed by atoms with Crippen LogP contribution in [0.1, 0.15) is 12.8 Å². The largest absolute Gasteiger partial charge is 0.387 e. The van der Waals surface area contributed by atoms with Crippen molar-refractivity contribution in [1.29, 1.82) is 0 Å². The molecule has 88 valence electrons. The lowest BCUT2D eigenvalue weighted by molar-refractivity contribution is 0.0347. The summed E-state index contributed by atoms with van der Waals surface area (Å²) >= 11 is 5.96. The molecule has 0 radical (unpaired) electrons. The van der Waals surface area contributed by atoms with Crippen molar-refractivity contribution >= 4 is 17.3 Å². The molecule has 0 aliphatic carbocycles. The number of piperidine rings is 1. The number of nitrogens with two attached hydrogens (primary N) is 1. The predicted molar refractivity (Wildman–Crippen MR) is 66.9 cm³/mol. The van der Waals surface area contributed by atoms with E-state index < -0.39 is 5.60 Å². The molecule has 0 saturated carbocycles. The first-order chi connectivity index (χ1) is 7.63. The molecular weight excluding hydrogens is 224 g/mol. The monoisotopic (exact) mass is 240 g/mol. The molecule has 3 N–H and O–H groups in total. The molecule has 0 amide bonds. The summed E-state index contributed by atoms with van der Waals surface area (Å²) < 4.78 is 0. The van der Waals surface area contributed by atoms with Gasteiger partial charge < -0.3 is 15.7 Å². The van der Waals surface area contributed by atoms with Crippen molar-refractivity contribution in [1.82, 2.24) is 0 Å². The molecule has 16 heavy (non-hydrogen) atoms. The highest BCUT2D eigenvalue weighted by molar-refractivity contribution is 6.30. The zero-order chi connectivity index (χ0) is 11.6. The Hall–Kier alpha value is -0.770. The summed E-state index contributed by atoms with van der Waals surface area (Å²) in [6.07, 6.45) is 1.74. The van der Waals surface area contributed by atoms with Gasteiger partial charge in [0, 0.05) is 30.3 Å². The highest BCUT2D eigenvalue weighted by atomic mass is 35.5. The fourth-order valence-corrected chi connectivity index (χ4v) is 2.36. The van der Waals surface area contributed by atoms with Crippen LogP contribution in [0.2, 0.25) is 5.02 Å². The summed E-state index contributed by atoms with van der Waals surface area (Å²) in [5.74, 6) is 0. The summed E-state index contributed by atoms with van der Waals surface area (Å²) in [4.78, 5) is 2.14. The van der Waals surface area contributed by atoms with E-state index >= 15 is 0 Å². The number of rotatable bonds is 2. The molecule has 3 nitrogen and oxygen atoms in total. The lowest BCUT2D eigenvalue weighted by Crippen LogP contribution is -2.52. The number of anilines is 1. The number of halogens is 1. The second-order valence-corrected chi connectivity index (χ2v) is 4.87. The van der Waals surface area contributed by atoms with Gasteiger partial charge in [0.2, 0.25) is 0 Å². The second kappa shape index (κ2) is 4.62. The van der Waals surface area contributed by atoms with Gasteiger partial charge in [0.1, 0.15) is 0 Å². The van der Waals surface area contributed by atoms with Gasteiger partial charge in [-0.05, 0) is 31.0 Å². The fourth-order valence-electron chi connectivity index (χ4n) is 2.17. The van der Waals surface area contributed by atoms with Crippen LogP contribution in [0.25, 0.3) is 0 Å². The normalized spacial score (nSPS) is 25.8. The van der Waals surface area contributed by atoms with Crippen molar-refractivity contribution in [3.8, 4) is 0 Å². The standard InChI is InChI=1S/C12H17ClN2O/c13-10-3-1-4-11(7-10)15-6-2-5-12(16,8-14)9-15/h1,3-4,7,16H,2,5-6,8-9,14H2. The number of aliphatic hydroxyl groups is 1. The van der Waals surface area contributed by atoms with Crippen LogP contribution in [0.5, 0.6) is 0 Å². The van der Waals surface area contributed by atoms with Crippen LogP contribution in [0.15, 0.2) is 24.3 Å². The predicted octanol–water partition coefficient (Wildman–Crippen LogP) is 1.63. The summed E-state index contributed by atoms with van der Waals surface area (Å²) in [5, 5.41) is 10.9. The topological polar surface area (TPSA) is 49.5 Å². The van der Waals surface area contributed by atoms with Crippen LogP contribution in [-0.2, 0) is 0 Å². The molecule has 0 aromatic heterocycles. The van der Waals surface area contributed by atoms with Gasteiger partial charge >= 0.3 is 0 Å². The molecule has 1 saturated heterocycles. The van der Waals surface area contributed by atoms with Crippen LogP contribution in [0.4, 0.5) is 5.69 Å². The Labute approximate surface area is 101 Å². The zero-order valence-corrected chi connectivity index (χ0v) is 9.95. The summed E-state index contributed by atoms with van der Waals surface area (Å²) in [7, 11) is 0. The van der Waals surface area contributed by atoms with Crippen LogP contribution < -0.4 is 10.6 Å². The van der Waals surface area contributed by atoms with Crippen LogP contribution in [-0.4, -0.2) is 30.3 Å². The lowest BCUT2D eigenvalue weighted by Gasteiger charge is -2.39. The quantitative estimate of drug-likeness (QED) is 0.826. The minimum absolute atomic E-state index is 0.310. The van der Waals surface area contributed by atoms with Gasteiger partial charge in [0.15, 0.2) is 0 Å². The SMILES string of the molecule is NCC1(O)CCCN(c2cccc(Cl)c2)C1. The maximum absolute atomic E-state index is 10.2. The number of hydrogen-bond acceptors (Lipinski definition) is 3. The Bertz CT molecular complexity index is 372. The maximum Gasteiger partial charge on any atom is 0.0943 e. The van der Waals surface area contributed by atoms with Crippen molar-refractivity contribution in [2.45, 2.75) is 18.4 Å². The Morgan fingerprint density at radius 2 is 2.31 bits per heavy atom. The van der Waals surface area contributed by atoms with Crippen molar-refractivity contribution in [3.05, 3.63) is 29.3 Å². The van der Waals surface area contributed by atoms with Gasteiger partial charge in [-0.15, -0.1) is 0 Å². The third-order valence-corrected chi connectivity index (χ3v) is 3.34. The highest BCUT2D eigenvalue weighted by Crippen LogP contribution is 2.26. The first kappa shape index (κ1) is 11.7. The first-order valence-electron chi connectivity index (χ1n) is 5.56. The summed E-state index contributed by atoms with van der Waals surface area (Å²) in [5.41, 5.74) is 5.91.